The number of rotatable bonds is 4. The number of amidine groups is 1. The van der Waals surface area contributed by atoms with Gasteiger partial charge < -0.3 is 9.84 Å². The molecule has 0 radical (unpaired) electrons. The maximum Gasteiger partial charge on any atom is 0.223 e. The van der Waals surface area contributed by atoms with Crippen LogP contribution in [0.1, 0.15) is 38.9 Å². The van der Waals surface area contributed by atoms with Crippen molar-refractivity contribution in [3.63, 3.8) is 0 Å². The van der Waals surface area contributed by atoms with E-state index in [2.05, 4.69) is 41.2 Å². The molecule has 2 heterocycles. The standard InChI is InChI=1S/C13H22N4OS/c1-9-16-11(17-18-9)5-6-14-12-15-8-10(19-12)7-13(2,3)4/h10H,5-8H2,1-4H3,(H,14,15). The van der Waals surface area contributed by atoms with Gasteiger partial charge in [-0.05, 0) is 11.8 Å². The monoisotopic (exact) mass is 282 g/mol. The van der Waals surface area contributed by atoms with E-state index >= 15 is 0 Å². The molecule has 0 aliphatic carbocycles. The van der Waals surface area contributed by atoms with Gasteiger partial charge in [0.2, 0.25) is 5.89 Å². The van der Waals surface area contributed by atoms with Gasteiger partial charge in [-0.15, -0.1) is 0 Å². The van der Waals surface area contributed by atoms with Crippen LogP contribution in [0.2, 0.25) is 0 Å². The van der Waals surface area contributed by atoms with Crippen LogP contribution in [-0.2, 0) is 6.42 Å². The molecule has 0 bridgehead atoms. The summed E-state index contributed by atoms with van der Waals surface area (Å²) < 4.78 is 4.93. The predicted molar refractivity (Wildman–Crippen MR) is 78.5 cm³/mol. The van der Waals surface area contributed by atoms with Crippen molar-refractivity contribution in [2.24, 2.45) is 10.4 Å². The molecule has 1 aromatic rings. The first-order valence-corrected chi connectivity index (χ1v) is 7.54. The lowest BCUT2D eigenvalue weighted by Gasteiger charge is -2.21. The zero-order valence-corrected chi connectivity index (χ0v) is 12.9. The Morgan fingerprint density at radius 1 is 1.42 bits per heavy atom. The molecule has 0 aromatic carbocycles. The first-order valence-electron chi connectivity index (χ1n) is 6.66. The first-order chi connectivity index (χ1) is 8.92. The van der Waals surface area contributed by atoms with Gasteiger partial charge in [-0.3, -0.25) is 4.99 Å². The molecule has 106 valence electrons. The lowest BCUT2D eigenvalue weighted by atomic mass is 9.90. The Hall–Kier alpha value is -1.04. The molecule has 1 atom stereocenters. The highest BCUT2D eigenvalue weighted by atomic mass is 32.2. The summed E-state index contributed by atoms with van der Waals surface area (Å²) in [7, 11) is 0. The number of hydrogen-bond donors (Lipinski definition) is 1. The second-order valence-corrected chi connectivity index (χ2v) is 7.35. The van der Waals surface area contributed by atoms with Gasteiger partial charge in [0, 0.05) is 25.1 Å². The molecule has 5 nitrogen and oxygen atoms in total. The largest absolute Gasteiger partial charge is 0.364 e. The molecule has 1 aliphatic rings. The summed E-state index contributed by atoms with van der Waals surface area (Å²) in [6.07, 6.45) is 1.96. The minimum atomic E-state index is 0.366. The number of thioether (sulfide) groups is 1. The molecule has 0 amide bonds. The van der Waals surface area contributed by atoms with Gasteiger partial charge >= 0.3 is 0 Å². The summed E-state index contributed by atoms with van der Waals surface area (Å²) in [6.45, 7) is 10.4. The van der Waals surface area contributed by atoms with Crippen molar-refractivity contribution in [2.75, 3.05) is 13.1 Å². The third-order valence-electron chi connectivity index (χ3n) is 2.75. The average Bonchev–Trinajstić information content (AvgIpc) is 2.86. The van der Waals surface area contributed by atoms with Gasteiger partial charge in [0.15, 0.2) is 11.0 Å². The molecule has 0 saturated heterocycles. The van der Waals surface area contributed by atoms with E-state index in [1.54, 1.807) is 6.92 Å². The lowest BCUT2D eigenvalue weighted by molar-refractivity contribution is 0.375. The summed E-state index contributed by atoms with van der Waals surface area (Å²) in [5.74, 6) is 1.37. The first kappa shape index (κ1) is 14.4. The van der Waals surface area contributed by atoms with E-state index in [1.165, 1.54) is 6.42 Å². The van der Waals surface area contributed by atoms with Crippen LogP contribution in [0.25, 0.3) is 0 Å². The molecule has 6 heteroatoms. The normalized spacial score (nSPS) is 19.6. The Balaban J connectivity index is 1.68. The smallest absolute Gasteiger partial charge is 0.223 e. The Bertz CT molecular complexity index is 450. The van der Waals surface area contributed by atoms with Crippen LogP contribution in [0.5, 0.6) is 0 Å². The fourth-order valence-electron chi connectivity index (χ4n) is 2.03. The second kappa shape index (κ2) is 5.94. The highest BCUT2D eigenvalue weighted by Gasteiger charge is 2.24. The van der Waals surface area contributed by atoms with Gasteiger partial charge in [-0.1, -0.05) is 37.7 Å². The fourth-order valence-corrected chi connectivity index (χ4v) is 3.41. The molecule has 1 aromatic heterocycles. The summed E-state index contributed by atoms with van der Waals surface area (Å²) in [5, 5.41) is 8.87. The number of aliphatic imine (C=N–C) groups is 1. The van der Waals surface area contributed by atoms with E-state index in [4.69, 9.17) is 4.52 Å². The molecule has 19 heavy (non-hydrogen) atoms. The maximum atomic E-state index is 4.93. The van der Waals surface area contributed by atoms with Gasteiger partial charge in [-0.2, -0.15) is 4.98 Å². The van der Waals surface area contributed by atoms with Crippen LogP contribution >= 0.6 is 11.8 Å². The van der Waals surface area contributed by atoms with Crippen LogP contribution in [0.4, 0.5) is 0 Å². The van der Waals surface area contributed by atoms with Crippen molar-refractivity contribution in [3.8, 4) is 0 Å². The van der Waals surface area contributed by atoms with E-state index in [9.17, 15) is 0 Å². The summed E-state index contributed by atoms with van der Waals surface area (Å²) in [6, 6.07) is 0. The van der Waals surface area contributed by atoms with Crippen molar-refractivity contribution in [1.29, 1.82) is 0 Å². The van der Waals surface area contributed by atoms with Crippen LogP contribution < -0.4 is 5.32 Å². The third-order valence-corrected chi connectivity index (χ3v) is 3.90. The average molecular weight is 282 g/mol. The maximum absolute atomic E-state index is 4.93. The Morgan fingerprint density at radius 3 is 2.84 bits per heavy atom. The van der Waals surface area contributed by atoms with Crippen molar-refractivity contribution < 1.29 is 4.52 Å². The van der Waals surface area contributed by atoms with Crippen LogP contribution in [-0.4, -0.2) is 33.6 Å². The molecule has 0 fully saturated rings. The van der Waals surface area contributed by atoms with Crippen molar-refractivity contribution in [1.82, 2.24) is 15.5 Å². The zero-order chi connectivity index (χ0) is 13.9. The summed E-state index contributed by atoms with van der Waals surface area (Å²) in [4.78, 5) is 8.72. The number of aromatic nitrogens is 2. The predicted octanol–water partition coefficient (Wildman–Crippen LogP) is 2.42. The molecule has 2 rings (SSSR count). The molecule has 0 saturated carbocycles. The lowest BCUT2D eigenvalue weighted by Crippen LogP contribution is -2.23. The Labute approximate surface area is 118 Å². The summed E-state index contributed by atoms with van der Waals surface area (Å²) >= 11 is 1.85. The van der Waals surface area contributed by atoms with E-state index in [1.807, 2.05) is 11.8 Å². The Kier molecular flexibility index (Phi) is 4.50. The van der Waals surface area contributed by atoms with Crippen molar-refractivity contribution in [2.45, 2.75) is 45.8 Å². The highest BCUT2D eigenvalue weighted by Crippen LogP contribution is 2.31. The number of nitrogens with zero attached hydrogens (tertiary/aromatic N) is 3. The van der Waals surface area contributed by atoms with Crippen LogP contribution in [0, 0.1) is 12.3 Å². The van der Waals surface area contributed by atoms with Crippen molar-refractivity contribution >= 4 is 16.9 Å². The molecular formula is C13H22N4OS. The van der Waals surface area contributed by atoms with Gasteiger partial charge in [0.1, 0.15) is 0 Å². The number of aryl methyl sites for hydroxylation is 1. The SMILES string of the molecule is Cc1nc(CCNC2=NCC(CC(C)(C)C)S2)no1. The molecule has 1 aliphatic heterocycles. The molecule has 1 N–H and O–H groups in total. The minimum absolute atomic E-state index is 0.366. The van der Waals surface area contributed by atoms with Crippen molar-refractivity contribution in [3.05, 3.63) is 11.7 Å². The van der Waals surface area contributed by atoms with Gasteiger partial charge in [0.25, 0.3) is 0 Å². The zero-order valence-electron chi connectivity index (χ0n) is 12.1. The van der Waals surface area contributed by atoms with E-state index < -0.39 is 0 Å². The van der Waals surface area contributed by atoms with Gasteiger partial charge in [0.05, 0.1) is 6.54 Å². The molecule has 0 spiro atoms. The number of nitrogens with one attached hydrogen (secondary N) is 1. The molecule has 1 unspecified atom stereocenters. The number of hydrogen-bond acceptors (Lipinski definition) is 6. The highest BCUT2D eigenvalue weighted by molar-refractivity contribution is 8.14. The van der Waals surface area contributed by atoms with E-state index in [0.29, 0.717) is 16.6 Å². The van der Waals surface area contributed by atoms with E-state index in [-0.39, 0.29) is 0 Å². The third kappa shape index (κ3) is 4.86. The minimum Gasteiger partial charge on any atom is -0.364 e. The Morgan fingerprint density at radius 2 is 2.21 bits per heavy atom. The topological polar surface area (TPSA) is 63.3 Å². The molecular weight excluding hydrogens is 260 g/mol. The second-order valence-electron chi connectivity index (χ2n) is 6.06. The van der Waals surface area contributed by atoms with Crippen LogP contribution in [0.15, 0.2) is 9.52 Å². The quantitative estimate of drug-likeness (QED) is 0.919. The van der Waals surface area contributed by atoms with E-state index in [0.717, 1.165) is 30.5 Å². The fraction of sp³-hybridized carbons (Fsp3) is 0.769. The summed E-state index contributed by atoms with van der Waals surface area (Å²) in [5.41, 5.74) is 0.366. The van der Waals surface area contributed by atoms with Crippen LogP contribution in [0.3, 0.4) is 0 Å². The van der Waals surface area contributed by atoms with Gasteiger partial charge in [-0.25, -0.2) is 0 Å².